The van der Waals surface area contributed by atoms with Crippen LogP contribution in [-0.2, 0) is 6.54 Å². The number of nitrogens with zero attached hydrogens (tertiary/aromatic N) is 1. The zero-order valence-electron chi connectivity index (χ0n) is 10.7. The second kappa shape index (κ2) is 6.84. The van der Waals surface area contributed by atoms with Crippen molar-refractivity contribution >= 4 is 11.6 Å². The molecule has 96 valence electrons. The van der Waals surface area contributed by atoms with Gasteiger partial charge in [0.1, 0.15) is 5.75 Å². The highest BCUT2D eigenvalue weighted by molar-refractivity contribution is 6.31. The molecule has 0 fully saturated rings. The summed E-state index contributed by atoms with van der Waals surface area (Å²) in [5.41, 5.74) is 2.09. The molecule has 1 aromatic carbocycles. The first-order valence-corrected chi connectivity index (χ1v) is 6.08. The summed E-state index contributed by atoms with van der Waals surface area (Å²) in [5, 5.41) is 9.55. The molecule has 1 rings (SSSR count). The predicted molar refractivity (Wildman–Crippen MR) is 70.8 cm³/mol. The van der Waals surface area contributed by atoms with E-state index in [0.29, 0.717) is 0 Å². The molecule has 17 heavy (non-hydrogen) atoms. The molecule has 0 spiro atoms. The number of halogens is 1. The van der Waals surface area contributed by atoms with Gasteiger partial charge in [0.2, 0.25) is 0 Å². The summed E-state index contributed by atoms with van der Waals surface area (Å²) in [7, 11) is 3.68. The molecule has 0 heterocycles. The highest BCUT2D eigenvalue weighted by Crippen LogP contribution is 2.27. The lowest BCUT2D eigenvalue weighted by Crippen LogP contribution is -2.20. The van der Waals surface area contributed by atoms with Crippen molar-refractivity contribution in [3.63, 3.8) is 0 Å². The summed E-state index contributed by atoms with van der Waals surface area (Å²) < 4.78 is 5.35. The summed E-state index contributed by atoms with van der Waals surface area (Å²) in [6.45, 7) is 3.80. The molecular weight excluding hydrogens is 238 g/mol. The number of rotatable bonds is 6. The lowest BCUT2D eigenvalue weighted by molar-refractivity contribution is 0.242. The van der Waals surface area contributed by atoms with Gasteiger partial charge in [-0.1, -0.05) is 11.6 Å². The number of aliphatic hydroxyl groups is 1. The van der Waals surface area contributed by atoms with Gasteiger partial charge in [-0.05, 0) is 38.1 Å². The Bertz CT molecular complexity index is 369. The molecule has 3 nitrogen and oxygen atoms in total. The predicted octanol–water partition coefficient (Wildman–Crippen LogP) is 2.47. The molecule has 1 aromatic rings. The standard InChI is InChI=1S/C13H20ClNO2/c1-10-7-13(17-3)11(8-12(10)14)9-15(2)5-4-6-16/h7-8,16H,4-6,9H2,1-3H3. The van der Waals surface area contributed by atoms with Crippen LogP contribution in [0.3, 0.4) is 0 Å². The smallest absolute Gasteiger partial charge is 0.123 e. The third-order valence-electron chi connectivity index (χ3n) is 2.70. The molecule has 0 aliphatic heterocycles. The first-order chi connectivity index (χ1) is 8.08. The molecule has 0 atom stereocenters. The average Bonchev–Trinajstić information content (AvgIpc) is 2.31. The van der Waals surface area contributed by atoms with E-state index in [1.165, 1.54) is 0 Å². The fraction of sp³-hybridized carbons (Fsp3) is 0.538. The second-order valence-electron chi connectivity index (χ2n) is 4.23. The molecule has 0 unspecified atom stereocenters. The van der Waals surface area contributed by atoms with E-state index in [2.05, 4.69) is 4.90 Å². The summed E-state index contributed by atoms with van der Waals surface area (Å²) >= 11 is 6.12. The molecular formula is C13H20ClNO2. The zero-order chi connectivity index (χ0) is 12.8. The van der Waals surface area contributed by atoms with E-state index in [4.69, 9.17) is 21.4 Å². The highest BCUT2D eigenvalue weighted by Gasteiger charge is 2.09. The molecule has 0 aliphatic rings. The normalized spacial score (nSPS) is 10.9. The lowest BCUT2D eigenvalue weighted by Gasteiger charge is -2.18. The van der Waals surface area contributed by atoms with Crippen LogP contribution >= 0.6 is 11.6 Å². The van der Waals surface area contributed by atoms with Crippen molar-refractivity contribution in [2.24, 2.45) is 0 Å². The van der Waals surface area contributed by atoms with E-state index in [1.807, 2.05) is 26.1 Å². The SMILES string of the molecule is COc1cc(C)c(Cl)cc1CN(C)CCCO. The van der Waals surface area contributed by atoms with Crippen molar-refractivity contribution in [1.82, 2.24) is 4.90 Å². The van der Waals surface area contributed by atoms with Gasteiger partial charge in [0.25, 0.3) is 0 Å². The van der Waals surface area contributed by atoms with Crippen LogP contribution in [0.2, 0.25) is 5.02 Å². The molecule has 0 saturated carbocycles. The number of ether oxygens (including phenoxy) is 1. The molecule has 1 N–H and O–H groups in total. The van der Waals surface area contributed by atoms with Crippen molar-refractivity contribution in [3.8, 4) is 5.75 Å². The molecule has 0 aliphatic carbocycles. The van der Waals surface area contributed by atoms with Crippen LogP contribution in [-0.4, -0.2) is 37.3 Å². The summed E-state index contributed by atoms with van der Waals surface area (Å²) in [4.78, 5) is 2.14. The minimum Gasteiger partial charge on any atom is -0.496 e. The van der Waals surface area contributed by atoms with Crippen LogP contribution < -0.4 is 4.74 Å². The van der Waals surface area contributed by atoms with Crippen LogP contribution in [0.15, 0.2) is 12.1 Å². The maximum Gasteiger partial charge on any atom is 0.123 e. The molecule has 0 amide bonds. The van der Waals surface area contributed by atoms with Crippen molar-refractivity contribution in [3.05, 3.63) is 28.3 Å². The van der Waals surface area contributed by atoms with Gasteiger partial charge >= 0.3 is 0 Å². The largest absolute Gasteiger partial charge is 0.496 e. The van der Waals surface area contributed by atoms with E-state index in [9.17, 15) is 0 Å². The van der Waals surface area contributed by atoms with E-state index in [0.717, 1.165) is 41.4 Å². The maximum atomic E-state index is 8.79. The third-order valence-corrected chi connectivity index (χ3v) is 3.11. The van der Waals surface area contributed by atoms with Crippen LogP contribution in [0.1, 0.15) is 17.5 Å². The van der Waals surface area contributed by atoms with E-state index in [-0.39, 0.29) is 6.61 Å². The first kappa shape index (κ1) is 14.3. The molecule has 0 bridgehead atoms. The van der Waals surface area contributed by atoms with Crippen molar-refractivity contribution in [1.29, 1.82) is 0 Å². The zero-order valence-corrected chi connectivity index (χ0v) is 11.4. The Morgan fingerprint density at radius 1 is 1.41 bits per heavy atom. The van der Waals surface area contributed by atoms with Crippen LogP contribution in [0.5, 0.6) is 5.75 Å². The topological polar surface area (TPSA) is 32.7 Å². The summed E-state index contributed by atoms with van der Waals surface area (Å²) in [6.07, 6.45) is 0.776. The molecule has 0 saturated heterocycles. The van der Waals surface area contributed by atoms with Gasteiger partial charge < -0.3 is 14.7 Å². The molecule has 0 radical (unpaired) electrons. The Hall–Kier alpha value is -0.770. The Kier molecular flexibility index (Phi) is 5.75. The van der Waals surface area contributed by atoms with Crippen LogP contribution in [0.25, 0.3) is 0 Å². The number of aliphatic hydroxyl groups excluding tert-OH is 1. The van der Waals surface area contributed by atoms with Gasteiger partial charge in [-0.2, -0.15) is 0 Å². The van der Waals surface area contributed by atoms with Crippen molar-refractivity contribution < 1.29 is 9.84 Å². The van der Waals surface area contributed by atoms with E-state index < -0.39 is 0 Å². The van der Waals surface area contributed by atoms with E-state index in [1.54, 1.807) is 7.11 Å². The second-order valence-corrected chi connectivity index (χ2v) is 4.64. The third kappa shape index (κ3) is 4.19. The Morgan fingerprint density at radius 2 is 2.12 bits per heavy atom. The number of aryl methyl sites for hydroxylation is 1. The average molecular weight is 258 g/mol. The fourth-order valence-electron chi connectivity index (χ4n) is 1.72. The minimum absolute atomic E-state index is 0.218. The number of methoxy groups -OCH3 is 1. The number of benzene rings is 1. The minimum atomic E-state index is 0.218. The fourth-order valence-corrected chi connectivity index (χ4v) is 1.91. The Balaban J connectivity index is 2.78. The van der Waals surface area contributed by atoms with Gasteiger partial charge in [0, 0.05) is 30.3 Å². The van der Waals surface area contributed by atoms with Gasteiger partial charge in [-0.25, -0.2) is 0 Å². The van der Waals surface area contributed by atoms with Gasteiger partial charge in [-0.3, -0.25) is 0 Å². The van der Waals surface area contributed by atoms with Crippen molar-refractivity contribution in [2.75, 3.05) is 27.3 Å². The van der Waals surface area contributed by atoms with E-state index >= 15 is 0 Å². The number of hydrogen-bond donors (Lipinski definition) is 1. The van der Waals surface area contributed by atoms with Gasteiger partial charge in [-0.15, -0.1) is 0 Å². The summed E-state index contributed by atoms with van der Waals surface area (Å²) in [5.74, 6) is 0.864. The van der Waals surface area contributed by atoms with Gasteiger partial charge in [0.15, 0.2) is 0 Å². The monoisotopic (exact) mass is 257 g/mol. The Morgan fingerprint density at radius 3 is 2.71 bits per heavy atom. The Labute approximate surface area is 108 Å². The van der Waals surface area contributed by atoms with Crippen molar-refractivity contribution in [2.45, 2.75) is 19.9 Å². The highest BCUT2D eigenvalue weighted by atomic mass is 35.5. The maximum absolute atomic E-state index is 8.79. The summed E-state index contributed by atoms with van der Waals surface area (Å²) in [6, 6.07) is 3.91. The van der Waals surface area contributed by atoms with Crippen LogP contribution in [0.4, 0.5) is 0 Å². The number of hydrogen-bond acceptors (Lipinski definition) is 3. The quantitative estimate of drug-likeness (QED) is 0.850. The molecule has 0 aromatic heterocycles. The van der Waals surface area contributed by atoms with Crippen LogP contribution in [0, 0.1) is 6.92 Å². The lowest BCUT2D eigenvalue weighted by atomic mass is 10.1. The molecule has 4 heteroatoms. The first-order valence-electron chi connectivity index (χ1n) is 5.71. The van der Waals surface area contributed by atoms with Gasteiger partial charge in [0.05, 0.1) is 7.11 Å².